The number of rotatable bonds is 3. The molecule has 5 heteroatoms. The summed E-state index contributed by atoms with van der Waals surface area (Å²) in [6.45, 7) is 2.17. The van der Waals surface area contributed by atoms with E-state index >= 15 is 0 Å². The van der Waals surface area contributed by atoms with E-state index in [-0.39, 0.29) is 5.91 Å². The van der Waals surface area contributed by atoms with Crippen LogP contribution in [0.5, 0.6) is 0 Å². The molecule has 1 atom stereocenters. The minimum absolute atomic E-state index is 0.189. The summed E-state index contributed by atoms with van der Waals surface area (Å²) < 4.78 is 10.9. The number of hydrogen-bond acceptors (Lipinski definition) is 4. The Morgan fingerprint density at radius 3 is 3.10 bits per heavy atom. The molecule has 1 amide bonds. The fourth-order valence-corrected chi connectivity index (χ4v) is 2.47. The van der Waals surface area contributed by atoms with E-state index in [1.165, 1.54) is 0 Å². The number of fused-ring (bicyclic) bond motifs is 1. The zero-order valence-electron chi connectivity index (χ0n) is 11.2. The number of nitrogens with one attached hydrogen (secondary N) is 1. The summed E-state index contributed by atoms with van der Waals surface area (Å²) >= 11 is 0. The molecule has 0 radical (unpaired) electrons. The molecule has 0 bridgehead atoms. The van der Waals surface area contributed by atoms with E-state index in [9.17, 15) is 4.79 Å². The second kappa shape index (κ2) is 5.54. The van der Waals surface area contributed by atoms with Gasteiger partial charge in [-0.2, -0.15) is 0 Å². The molecular formula is C15H18N2O3. The first-order valence-corrected chi connectivity index (χ1v) is 6.87. The average Bonchev–Trinajstić information content (AvgIpc) is 2.89. The topological polar surface area (TPSA) is 77.5 Å². The third-order valence-corrected chi connectivity index (χ3v) is 3.57. The Balaban J connectivity index is 1.65. The second-order valence-corrected chi connectivity index (χ2v) is 5.20. The van der Waals surface area contributed by atoms with Gasteiger partial charge >= 0.3 is 0 Å². The molecule has 3 N–H and O–H groups in total. The minimum atomic E-state index is -0.189. The highest BCUT2D eigenvalue weighted by atomic mass is 16.5. The van der Waals surface area contributed by atoms with Crippen molar-refractivity contribution >= 4 is 22.6 Å². The maximum absolute atomic E-state index is 12.1. The average molecular weight is 274 g/mol. The second-order valence-electron chi connectivity index (χ2n) is 5.20. The van der Waals surface area contributed by atoms with Gasteiger partial charge in [0, 0.05) is 24.2 Å². The number of carbonyl (C=O) groups is 1. The molecule has 1 saturated heterocycles. The number of ether oxygens (including phenoxy) is 1. The molecule has 1 unspecified atom stereocenters. The first-order valence-electron chi connectivity index (χ1n) is 6.87. The monoisotopic (exact) mass is 274 g/mol. The van der Waals surface area contributed by atoms with Crippen molar-refractivity contribution in [3.63, 3.8) is 0 Å². The Morgan fingerprint density at radius 1 is 1.40 bits per heavy atom. The van der Waals surface area contributed by atoms with Gasteiger partial charge in [-0.05, 0) is 43.0 Å². The molecule has 0 saturated carbocycles. The van der Waals surface area contributed by atoms with Crippen LogP contribution < -0.4 is 11.1 Å². The summed E-state index contributed by atoms with van der Waals surface area (Å²) in [6.07, 6.45) is 2.15. The fraction of sp³-hybridized carbons (Fsp3) is 0.400. The number of anilines is 1. The van der Waals surface area contributed by atoms with Crippen LogP contribution in [-0.2, 0) is 4.74 Å². The summed E-state index contributed by atoms with van der Waals surface area (Å²) in [5, 5.41) is 3.74. The lowest BCUT2D eigenvalue weighted by Gasteiger charge is -2.21. The number of benzene rings is 1. The van der Waals surface area contributed by atoms with Gasteiger partial charge in [-0.3, -0.25) is 4.79 Å². The molecule has 2 heterocycles. The highest BCUT2D eigenvalue weighted by Gasteiger charge is 2.17. The van der Waals surface area contributed by atoms with Crippen LogP contribution in [0.3, 0.4) is 0 Å². The Hall–Kier alpha value is -2.01. The summed E-state index contributed by atoms with van der Waals surface area (Å²) in [6, 6.07) is 7.05. The molecule has 2 aromatic rings. The number of carbonyl (C=O) groups excluding carboxylic acids is 1. The number of furan rings is 1. The largest absolute Gasteiger partial charge is 0.451 e. The lowest BCUT2D eigenvalue weighted by molar-refractivity contribution is 0.0533. The smallest absolute Gasteiger partial charge is 0.287 e. The first kappa shape index (κ1) is 13.0. The maximum Gasteiger partial charge on any atom is 0.287 e. The van der Waals surface area contributed by atoms with Crippen molar-refractivity contribution in [2.75, 3.05) is 25.5 Å². The van der Waals surface area contributed by atoms with Crippen LogP contribution in [0.25, 0.3) is 11.0 Å². The molecule has 0 spiro atoms. The van der Waals surface area contributed by atoms with Crippen LogP contribution in [0, 0.1) is 5.92 Å². The van der Waals surface area contributed by atoms with Gasteiger partial charge in [0.2, 0.25) is 0 Å². The lowest BCUT2D eigenvalue weighted by Crippen LogP contribution is -2.33. The Bertz CT molecular complexity index is 615. The quantitative estimate of drug-likeness (QED) is 0.841. The van der Waals surface area contributed by atoms with Gasteiger partial charge in [0.1, 0.15) is 5.58 Å². The van der Waals surface area contributed by atoms with Gasteiger partial charge in [0.15, 0.2) is 5.76 Å². The molecule has 106 valence electrons. The van der Waals surface area contributed by atoms with Crippen molar-refractivity contribution in [3.8, 4) is 0 Å². The zero-order valence-corrected chi connectivity index (χ0v) is 11.2. The van der Waals surface area contributed by atoms with Gasteiger partial charge in [-0.25, -0.2) is 0 Å². The van der Waals surface area contributed by atoms with Crippen molar-refractivity contribution in [1.82, 2.24) is 5.32 Å². The summed E-state index contributed by atoms with van der Waals surface area (Å²) in [7, 11) is 0. The third-order valence-electron chi connectivity index (χ3n) is 3.57. The van der Waals surface area contributed by atoms with E-state index in [2.05, 4.69) is 5.32 Å². The summed E-state index contributed by atoms with van der Waals surface area (Å²) in [5.41, 5.74) is 7.04. The predicted molar refractivity (Wildman–Crippen MR) is 76.5 cm³/mol. The first-order chi connectivity index (χ1) is 9.72. The van der Waals surface area contributed by atoms with Crippen molar-refractivity contribution in [1.29, 1.82) is 0 Å². The molecular weight excluding hydrogens is 256 g/mol. The minimum Gasteiger partial charge on any atom is -0.451 e. The SMILES string of the molecule is Nc1ccc2oc(C(=O)NCC3CCCOC3)cc2c1. The van der Waals surface area contributed by atoms with Crippen LogP contribution in [0.1, 0.15) is 23.4 Å². The van der Waals surface area contributed by atoms with Crippen LogP contribution in [0.4, 0.5) is 5.69 Å². The van der Waals surface area contributed by atoms with Crippen molar-refractivity contribution in [2.24, 2.45) is 5.92 Å². The molecule has 1 aliphatic rings. The molecule has 5 nitrogen and oxygen atoms in total. The Morgan fingerprint density at radius 2 is 2.30 bits per heavy atom. The molecule has 0 aliphatic carbocycles. The molecule has 1 aromatic carbocycles. The Labute approximate surface area is 117 Å². The fourth-order valence-electron chi connectivity index (χ4n) is 2.47. The van der Waals surface area contributed by atoms with Gasteiger partial charge in [-0.1, -0.05) is 0 Å². The maximum atomic E-state index is 12.1. The van der Waals surface area contributed by atoms with E-state index in [1.54, 1.807) is 24.3 Å². The van der Waals surface area contributed by atoms with Gasteiger partial charge < -0.3 is 20.2 Å². The number of hydrogen-bond donors (Lipinski definition) is 2. The Kier molecular flexibility index (Phi) is 3.60. The third kappa shape index (κ3) is 2.77. The van der Waals surface area contributed by atoms with Gasteiger partial charge in [-0.15, -0.1) is 0 Å². The normalized spacial score (nSPS) is 19.1. The number of amides is 1. The molecule has 1 aliphatic heterocycles. The predicted octanol–water partition coefficient (Wildman–Crippen LogP) is 2.17. The standard InChI is InChI=1S/C15H18N2O3/c16-12-3-4-13-11(6-12)7-14(20-13)15(18)17-8-10-2-1-5-19-9-10/h3-4,6-7,10H,1-2,5,8-9,16H2,(H,17,18). The van der Waals surface area contributed by atoms with Crippen LogP contribution in [0.2, 0.25) is 0 Å². The van der Waals surface area contributed by atoms with E-state index in [0.717, 1.165) is 31.4 Å². The van der Waals surface area contributed by atoms with E-state index in [1.807, 2.05) is 0 Å². The highest BCUT2D eigenvalue weighted by molar-refractivity contribution is 5.96. The molecule has 3 rings (SSSR count). The molecule has 1 aromatic heterocycles. The van der Waals surface area contributed by atoms with Crippen LogP contribution >= 0.6 is 0 Å². The van der Waals surface area contributed by atoms with E-state index in [4.69, 9.17) is 14.9 Å². The van der Waals surface area contributed by atoms with Crippen LogP contribution in [0.15, 0.2) is 28.7 Å². The van der Waals surface area contributed by atoms with Crippen molar-refractivity contribution < 1.29 is 13.9 Å². The van der Waals surface area contributed by atoms with Crippen LogP contribution in [-0.4, -0.2) is 25.7 Å². The number of nitrogen functional groups attached to an aromatic ring is 1. The van der Waals surface area contributed by atoms with Gasteiger partial charge in [0.25, 0.3) is 5.91 Å². The number of nitrogens with two attached hydrogens (primary N) is 1. The van der Waals surface area contributed by atoms with Crippen molar-refractivity contribution in [3.05, 3.63) is 30.0 Å². The molecule has 20 heavy (non-hydrogen) atoms. The molecule has 1 fully saturated rings. The van der Waals surface area contributed by atoms with E-state index < -0.39 is 0 Å². The summed E-state index contributed by atoms with van der Waals surface area (Å²) in [4.78, 5) is 12.1. The summed E-state index contributed by atoms with van der Waals surface area (Å²) in [5.74, 6) is 0.528. The zero-order chi connectivity index (χ0) is 13.9. The van der Waals surface area contributed by atoms with Gasteiger partial charge in [0.05, 0.1) is 6.61 Å². The highest BCUT2D eigenvalue weighted by Crippen LogP contribution is 2.21. The van der Waals surface area contributed by atoms with E-state index in [0.29, 0.717) is 29.5 Å². The lowest BCUT2D eigenvalue weighted by atomic mass is 10.0. The van der Waals surface area contributed by atoms with Crippen molar-refractivity contribution in [2.45, 2.75) is 12.8 Å².